The molecule has 1 aromatic heterocycles. The molecule has 1 rings (SSSR count). The zero-order chi connectivity index (χ0) is 11.3. The summed E-state index contributed by atoms with van der Waals surface area (Å²) in [5.41, 5.74) is 0.873. The lowest BCUT2D eigenvalue weighted by Gasteiger charge is -2.02. The Morgan fingerprint density at radius 1 is 1.33 bits per heavy atom. The molecular weight excluding hydrogens is 198 g/mol. The number of hydrogen-bond donors (Lipinski definition) is 0. The van der Waals surface area contributed by atoms with E-state index in [1.807, 2.05) is 13.8 Å². The van der Waals surface area contributed by atoms with Crippen LogP contribution in [0.1, 0.15) is 36.8 Å². The number of rotatable bonds is 5. The van der Waals surface area contributed by atoms with Crippen molar-refractivity contribution in [1.29, 1.82) is 0 Å². The minimum Gasteiger partial charge on any atom is -0.463 e. The Morgan fingerprint density at radius 2 is 2.07 bits per heavy atom. The van der Waals surface area contributed by atoms with Gasteiger partial charge < -0.3 is 14.0 Å². The van der Waals surface area contributed by atoms with Gasteiger partial charge in [-0.05, 0) is 20.3 Å². The molecule has 15 heavy (non-hydrogen) atoms. The molecule has 0 aliphatic rings. The lowest BCUT2D eigenvalue weighted by molar-refractivity contribution is 0.0517. The largest absolute Gasteiger partial charge is 0.463 e. The Kier molecular flexibility index (Phi) is 4.15. The molecule has 0 aliphatic heterocycles. The van der Waals surface area contributed by atoms with Crippen LogP contribution in [-0.4, -0.2) is 24.3 Å². The molecule has 5 heteroatoms. The van der Waals surface area contributed by atoms with Crippen LogP contribution in [0, 0.1) is 0 Å². The first kappa shape index (κ1) is 11.6. The third-order valence-electron chi connectivity index (χ3n) is 1.82. The van der Waals surface area contributed by atoms with Gasteiger partial charge in [0.2, 0.25) is 0 Å². The summed E-state index contributed by atoms with van der Waals surface area (Å²) in [5.74, 6) is -0.299. The van der Waals surface area contributed by atoms with E-state index < -0.39 is 5.97 Å². The molecule has 5 nitrogen and oxygen atoms in total. The number of carbonyl (C=O) groups is 1. The van der Waals surface area contributed by atoms with Gasteiger partial charge in [0.25, 0.3) is 0 Å². The van der Waals surface area contributed by atoms with Gasteiger partial charge in [-0.1, -0.05) is 12.1 Å². The molecule has 1 heterocycles. The minimum absolute atomic E-state index is 0.146. The summed E-state index contributed by atoms with van der Waals surface area (Å²) in [6, 6.07) is 0. The van der Waals surface area contributed by atoms with Crippen LogP contribution in [-0.2, 0) is 11.2 Å². The van der Waals surface area contributed by atoms with Crippen LogP contribution in [0.4, 0.5) is 0 Å². The Labute approximate surface area is 88.3 Å². The molecule has 0 N–H and O–H groups in total. The summed E-state index contributed by atoms with van der Waals surface area (Å²) in [6.45, 7) is 6.18. The number of carbonyl (C=O) groups excluding carboxylic acids is 1. The van der Waals surface area contributed by atoms with Crippen molar-refractivity contribution in [2.75, 3.05) is 13.2 Å². The number of nitrogens with zero attached hydrogens (tertiary/aromatic N) is 1. The molecule has 0 radical (unpaired) electrons. The molecule has 0 aliphatic carbocycles. The third kappa shape index (κ3) is 2.49. The van der Waals surface area contributed by atoms with Crippen molar-refractivity contribution in [3.8, 4) is 5.95 Å². The van der Waals surface area contributed by atoms with Crippen molar-refractivity contribution in [2.45, 2.75) is 27.2 Å². The first-order valence-corrected chi connectivity index (χ1v) is 5.02. The molecule has 0 atom stereocenters. The zero-order valence-corrected chi connectivity index (χ0v) is 9.20. The van der Waals surface area contributed by atoms with Gasteiger partial charge in [0, 0.05) is 0 Å². The second-order valence-electron chi connectivity index (χ2n) is 2.80. The highest BCUT2D eigenvalue weighted by Crippen LogP contribution is 2.23. The van der Waals surface area contributed by atoms with E-state index >= 15 is 0 Å². The molecule has 0 amide bonds. The zero-order valence-electron chi connectivity index (χ0n) is 9.20. The van der Waals surface area contributed by atoms with E-state index in [9.17, 15) is 4.79 Å². The molecule has 0 aromatic carbocycles. The molecule has 0 bridgehead atoms. The SMILES string of the molecule is CCOC(=O)c1c(CC)noc1OCC. The van der Waals surface area contributed by atoms with Gasteiger partial charge in [-0.25, -0.2) is 4.79 Å². The molecule has 0 saturated heterocycles. The molecule has 0 spiro atoms. The van der Waals surface area contributed by atoms with Gasteiger partial charge in [0.1, 0.15) is 5.69 Å². The predicted octanol–water partition coefficient (Wildman–Crippen LogP) is 1.81. The average Bonchev–Trinajstić information content (AvgIpc) is 2.62. The van der Waals surface area contributed by atoms with Gasteiger partial charge in [-0.3, -0.25) is 0 Å². The topological polar surface area (TPSA) is 61.6 Å². The van der Waals surface area contributed by atoms with Crippen molar-refractivity contribution in [2.24, 2.45) is 0 Å². The normalized spacial score (nSPS) is 10.1. The summed E-state index contributed by atoms with van der Waals surface area (Å²) in [5, 5.41) is 3.76. The van der Waals surface area contributed by atoms with E-state index in [0.29, 0.717) is 30.9 Å². The molecule has 1 aromatic rings. The van der Waals surface area contributed by atoms with E-state index in [1.165, 1.54) is 0 Å². The van der Waals surface area contributed by atoms with Crippen LogP contribution in [0.5, 0.6) is 5.95 Å². The fourth-order valence-corrected chi connectivity index (χ4v) is 1.18. The number of ether oxygens (including phenoxy) is 2. The predicted molar refractivity (Wildman–Crippen MR) is 53.0 cm³/mol. The van der Waals surface area contributed by atoms with Crippen LogP contribution < -0.4 is 4.74 Å². The maximum absolute atomic E-state index is 11.6. The fraction of sp³-hybridized carbons (Fsp3) is 0.600. The summed E-state index contributed by atoms with van der Waals surface area (Å²) in [4.78, 5) is 11.6. The van der Waals surface area contributed by atoms with Crippen LogP contribution in [0.25, 0.3) is 0 Å². The second kappa shape index (κ2) is 5.38. The number of esters is 1. The fourth-order valence-electron chi connectivity index (χ4n) is 1.18. The van der Waals surface area contributed by atoms with E-state index in [2.05, 4.69) is 5.16 Å². The van der Waals surface area contributed by atoms with Crippen molar-refractivity contribution in [3.05, 3.63) is 11.3 Å². The summed E-state index contributed by atoms with van der Waals surface area (Å²) >= 11 is 0. The van der Waals surface area contributed by atoms with Crippen LogP contribution >= 0.6 is 0 Å². The Bertz CT molecular complexity index is 332. The molecule has 84 valence electrons. The monoisotopic (exact) mass is 213 g/mol. The average molecular weight is 213 g/mol. The standard InChI is InChI=1S/C10H15NO4/c1-4-7-8(9(12)13-5-2)10(14-6-3)15-11-7/h4-6H2,1-3H3. The Hall–Kier alpha value is -1.52. The third-order valence-corrected chi connectivity index (χ3v) is 1.82. The number of aryl methyl sites for hydroxylation is 1. The smallest absolute Gasteiger partial charge is 0.347 e. The quantitative estimate of drug-likeness (QED) is 0.698. The van der Waals surface area contributed by atoms with Gasteiger partial charge in [-0.15, -0.1) is 0 Å². The van der Waals surface area contributed by atoms with Gasteiger partial charge in [0.15, 0.2) is 5.56 Å². The number of aromatic nitrogens is 1. The van der Waals surface area contributed by atoms with Crippen molar-refractivity contribution >= 4 is 5.97 Å². The lowest BCUT2D eigenvalue weighted by atomic mass is 10.2. The van der Waals surface area contributed by atoms with Crippen LogP contribution in [0.2, 0.25) is 0 Å². The highest BCUT2D eigenvalue weighted by molar-refractivity contribution is 5.92. The Balaban J connectivity index is 2.98. The van der Waals surface area contributed by atoms with E-state index in [-0.39, 0.29) is 5.95 Å². The van der Waals surface area contributed by atoms with Gasteiger partial charge >= 0.3 is 11.9 Å². The Morgan fingerprint density at radius 3 is 2.60 bits per heavy atom. The second-order valence-corrected chi connectivity index (χ2v) is 2.80. The van der Waals surface area contributed by atoms with E-state index in [4.69, 9.17) is 14.0 Å². The van der Waals surface area contributed by atoms with Gasteiger partial charge in [0.05, 0.1) is 13.2 Å². The first-order valence-electron chi connectivity index (χ1n) is 5.02. The molecule has 0 unspecified atom stereocenters. The van der Waals surface area contributed by atoms with E-state index in [1.54, 1.807) is 6.92 Å². The highest BCUT2D eigenvalue weighted by Gasteiger charge is 2.24. The first-order chi connectivity index (χ1) is 7.24. The maximum atomic E-state index is 11.6. The van der Waals surface area contributed by atoms with Crippen molar-refractivity contribution in [1.82, 2.24) is 5.16 Å². The van der Waals surface area contributed by atoms with Crippen LogP contribution in [0.3, 0.4) is 0 Å². The molecule has 0 fully saturated rings. The minimum atomic E-state index is -0.445. The van der Waals surface area contributed by atoms with Crippen molar-refractivity contribution < 1.29 is 18.8 Å². The number of hydrogen-bond acceptors (Lipinski definition) is 5. The van der Waals surface area contributed by atoms with Crippen LogP contribution in [0.15, 0.2) is 4.52 Å². The van der Waals surface area contributed by atoms with Crippen molar-refractivity contribution in [3.63, 3.8) is 0 Å². The summed E-state index contributed by atoms with van der Waals surface area (Å²) in [6.07, 6.45) is 0.602. The summed E-state index contributed by atoms with van der Waals surface area (Å²) < 4.78 is 15.0. The van der Waals surface area contributed by atoms with Gasteiger partial charge in [-0.2, -0.15) is 0 Å². The van der Waals surface area contributed by atoms with E-state index in [0.717, 1.165) is 0 Å². The molecular formula is C10H15NO4. The maximum Gasteiger partial charge on any atom is 0.347 e. The highest BCUT2D eigenvalue weighted by atomic mass is 16.6. The lowest BCUT2D eigenvalue weighted by Crippen LogP contribution is -2.08. The summed E-state index contributed by atoms with van der Waals surface area (Å²) in [7, 11) is 0. The molecule has 0 saturated carbocycles.